The average molecular weight is 424 g/mol. The summed E-state index contributed by atoms with van der Waals surface area (Å²) in [5.41, 5.74) is -1.42. The molecule has 1 heterocycles. The van der Waals surface area contributed by atoms with E-state index >= 15 is 0 Å². The minimum Gasteiger partial charge on any atom is -0.475 e. The number of aromatic nitrogens is 1. The molecule has 1 aromatic heterocycles. The smallest absolute Gasteiger partial charge is 0.417 e. The van der Waals surface area contributed by atoms with Gasteiger partial charge in [0.2, 0.25) is 5.88 Å². The first-order chi connectivity index (χ1) is 12.6. The molecule has 0 spiro atoms. The molecule has 27 heavy (non-hydrogen) atoms. The molecule has 1 aromatic carbocycles. The number of hydrogen-bond acceptors (Lipinski definition) is 5. The summed E-state index contributed by atoms with van der Waals surface area (Å²) >= 11 is 11.5. The molecular weight excluding hydrogens is 414 g/mol. The highest BCUT2D eigenvalue weighted by atomic mass is 35.5. The van der Waals surface area contributed by atoms with Gasteiger partial charge in [0.05, 0.1) is 27.6 Å². The lowest BCUT2D eigenvalue weighted by Crippen LogP contribution is -2.28. The topological polar surface area (TPSA) is 94.4 Å². The third-order valence-electron chi connectivity index (χ3n) is 3.17. The zero-order chi connectivity index (χ0) is 20.2. The fraction of sp³-hybridized carbons (Fsp3) is 0.200. The number of non-ortho nitro benzene ring substituents is 1. The molecule has 2 rings (SSSR count). The van der Waals surface area contributed by atoms with Crippen molar-refractivity contribution in [3.05, 3.63) is 61.7 Å². The Kier molecular flexibility index (Phi) is 6.45. The van der Waals surface area contributed by atoms with Crippen LogP contribution in [0.1, 0.15) is 15.9 Å². The highest BCUT2D eigenvalue weighted by molar-refractivity contribution is 6.34. The number of rotatable bonds is 6. The van der Waals surface area contributed by atoms with E-state index in [1.807, 2.05) is 0 Å². The van der Waals surface area contributed by atoms with Gasteiger partial charge in [-0.05, 0) is 12.1 Å². The summed E-state index contributed by atoms with van der Waals surface area (Å²) in [6.07, 6.45) is -4.01. The summed E-state index contributed by atoms with van der Waals surface area (Å²) < 4.78 is 42.7. The summed E-state index contributed by atoms with van der Waals surface area (Å²) in [6, 6.07) is 4.07. The molecule has 1 N–H and O–H groups in total. The van der Waals surface area contributed by atoms with Crippen LogP contribution in [0.3, 0.4) is 0 Å². The highest BCUT2D eigenvalue weighted by Gasteiger charge is 2.31. The van der Waals surface area contributed by atoms with Crippen molar-refractivity contribution < 1.29 is 27.6 Å². The Hall–Kier alpha value is -2.59. The van der Waals surface area contributed by atoms with Crippen molar-refractivity contribution in [2.75, 3.05) is 13.2 Å². The molecule has 0 aliphatic rings. The average Bonchev–Trinajstić information content (AvgIpc) is 2.58. The second-order valence-electron chi connectivity index (χ2n) is 5.03. The monoisotopic (exact) mass is 423 g/mol. The zero-order valence-corrected chi connectivity index (χ0v) is 14.7. The molecule has 7 nitrogen and oxygen atoms in total. The van der Waals surface area contributed by atoms with Crippen molar-refractivity contribution in [3.63, 3.8) is 0 Å². The first kappa shape index (κ1) is 20.7. The van der Waals surface area contributed by atoms with E-state index in [9.17, 15) is 28.1 Å². The van der Waals surface area contributed by atoms with Crippen LogP contribution in [-0.4, -0.2) is 29.0 Å². The second-order valence-corrected chi connectivity index (χ2v) is 5.85. The predicted molar refractivity (Wildman–Crippen MR) is 90.2 cm³/mol. The number of carbonyl (C=O) groups excluding carboxylic acids is 1. The first-order valence-corrected chi connectivity index (χ1v) is 7.93. The minimum atomic E-state index is -4.58. The Bertz CT molecular complexity index is 878. The summed E-state index contributed by atoms with van der Waals surface area (Å²) in [5, 5.41) is 12.8. The van der Waals surface area contributed by atoms with Crippen molar-refractivity contribution in [2.45, 2.75) is 6.18 Å². The van der Waals surface area contributed by atoms with Crippen molar-refractivity contribution in [1.29, 1.82) is 0 Å². The van der Waals surface area contributed by atoms with E-state index in [1.54, 1.807) is 0 Å². The number of benzene rings is 1. The van der Waals surface area contributed by atoms with E-state index in [0.717, 1.165) is 12.1 Å². The van der Waals surface area contributed by atoms with Gasteiger partial charge in [-0.3, -0.25) is 14.9 Å². The molecule has 0 saturated carbocycles. The molecule has 12 heteroatoms. The van der Waals surface area contributed by atoms with Gasteiger partial charge >= 0.3 is 6.18 Å². The lowest BCUT2D eigenvalue weighted by molar-refractivity contribution is -0.384. The number of alkyl halides is 3. The molecule has 0 unspecified atom stereocenters. The van der Waals surface area contributed by atoms with Crippen LogP contribution in [0.4, 0.5) is 18.9 Å². The van der Waals surface area contributed by atoms with E-state index in [2.05, 4.69) is 10.3 Å². The Morgan fingerprint density at radius 3 is 2.56 bits per heavy atom. The third-order valence-corrected chi connectivity index (χ3v) is 3.77. The van der Waals surface area contributed by atoms with Crippen molar-refractivity contribution >= 4 is 34.8 Å². The number of hydrogen-bond donors (Lipinski definition) is 1. The van der Waals surface area contributed by atoms with Gasteiger partial charge in [-0.15, -0.1) is 0 Å². The van der Waals surface area contributed by atoms with E-state index in [1.165, 1.54) is 6.07 Å². The Labute approximate surface area is 160 Å². The maximum Gasteiger partial charge on any atom is 0.417 e. The minimum absolute atomic E-state index is 0.0199. The van der Waals surface area contributed by atoms with Crippen LogP contribution in [-0.2, 0) is 6.18 Å². The number of carbonyl (C=O) groups is 1. The Balaban J connectivity index is 1.93. The number of pyridine rings is 1. The summed E-state index contributed by atoms with van der Waals surface area (Å²) in [4.78, 5) is 25.6. The number of nitro benzene ring substituents is 1. The normalized spacial score (nSPS) is 11.1. The largest absolute Gasteiger partial charge is 0.475 e. The fourth-order valence-electron chi connectivity index (χ4n) is 1.89. The molecule has 1 amide bonds. The standard InChI is InChI=1S/C15H10Cl2F3N3O4/c16-11-2-1-9(23(25)26)6-10(11)13(24)21-3-4-27-14-12(17)5-8(7-22-14)15(18,19)20/h1-2,5-7H,3-4H2,(H,21,24). The predicted octanol–water partition coefficient (Wildman–Crippen LogP) is 4.12. The Morgan fingerprint density at radius 2 is 1.96 bits per heavy atom. The Morgan fingerprint density at radius 1 is 1.26 bits per heavy atom. The lowest BCUT2D eigenvalue weighted by atomic mass is 10.2. The molecular formula is C15H10Cl2F3N3O4. The van der Waals surface area contributed by atoms with Gasteiger partial charge in [-0.1, -0.05) is 23.2 Å². The maximum absolute atomic E-state index is 12.5. The number of nitro groups is 1. The van der Waals surface area contributed by atoms with Gasteiger partial charge < -0.3 is 10.1 Å². The van der Waals surface area contributed by atoms with Gasteiger partial charge in [-0.2, -0.15) is 13.2 Å². The van der Waals surface area contributed by atoms with Gasteiger partial charge in [0.25, 0.3) is 11.6 Å². The summed E-state index contributed by atoms with van der Waals surface area (Å²) in [7, 11) is 0. The fourth-order valence-corrected chi connectivity index (χ4v) is 2.32. The molecule has 0 aliphatic carbocycles. The van der Waals surface area contributed by atoms with E-state index in [4.69, 9.17) is 27.9 Å². The molecule has 0 aliphatic heterocycles. The van der Waals surface area contributed by atoms with E-state index in [0.29, 0.717) is 12.3 Å². The quantitative estimate of drug-likeness (QED) is 0.428. The van der Waals surface area contributed by atoms with Crippen LogP contribution in [0.2, 0.25) is 10.0 Å². The molecule has 0 atom stereocenters. The summed E-state index contributed by atoms with van der Waals surface area (Å²) in [6.45, 7) is -0.229. The SMILES string of the molecule is O=C(NCCOc1ncc(C(F)(F)F)cc1Cl)c1cc([N+](=O)[O-])ccc1Cl. The highest BCUT2D eigenvalue weighted by Crippen LogP contribution is 2.33. The van der Waals surface area contributed by atoms with Crippen LogP contribution in [0.5, 0.6) is 5.88 Å². The van der Waals surface area contributed by atoms with Crippen LogP contribution >= 0.6 is 23.2 Å². The lowest BCUT2D eigenvalue weighted by Gasteiger charge is -2.11. The summed E-state index contributed by atoms with van der Waals surface area (Å²) in [5.74, 6) is -0.911. The van der Waals surface area contributed by atoms with Crippen molar-refractivity contribution in [3.8, 4) is 5.88 Å². The zero-order valence-electron chi connectivity index (χ0n) is 13.2. The number of nitrogens with zero attached hydrogens (tertiary/aromatic N) is 2. The molecule has 0 bridgehead atoms. The molecule has 0 fully saturated rings. The number of nitrogens with one attached hydrogen (secondary N) is 1. The van der Waals surface area contributed by atoms with Crippen molar-refractivity contribution in [1.82, 2.24) is 10.3 Å². The molecule has 0 radical (unpaired) electrons. The van der Waals surface area contributed by atoms with Gasteiger partial charge in [-0.25, -0.2) is 4.98 Å². The third kappa shape index (κ3) is 5.44. The first-order valence-electron chi connectivity index (χ1n) is 7.17. The van der Waals surface area contributed by atoms with Crippen LogP contribution in [0.25, 0.3) is 0 Å². The second kappa shape index (κ2) is 8.40. The van der Waals surface area contributed by atoms with Gasteiger partial charge in [0.15, 0.2) is 0 Å². The van der Waals surface area contributed by atoms with E-state index in [-0.39, 0.29) is 40.3 Å². The number of ether oxygens (including phenoxy) is 1. The van der Waals surface area contributed by atoms with Crippen molar-refractivity contribution in [2.24, 2.45) is 0 Å². The van der Waals surface area contributed by atoms with Crippen LogP contribution in [0.15, 0.2) is 30.5 Å². The van der Waals surface area contributed by atoms with Crippen LogP contribution < -0.4 is 10.1 Å². The molecule has 144 valence electrons. The number of amides is 1. The van der Waals surface area contributed by atoms with Gasteiger partial charge in [0, 0.05) is 18.3 Å². The van der Waals surface area contributed by atoms with E-state index < -0.39 is 22.6 Å². The van der Waals surface area contributed by atoms with Gasteiger partial charge in [0.1, 0.15) is 11.6 Å². The van der Waals surface area contributed by atoms with Crippen LogP contribution in [0, 0.1) is 10.1 Å². The number of halogens is 5. The maximum atomic E-state index is 12.5. The molecule has 2 aromatic rings. The molecule has 0 saturated heterocycles.